The van der Waals surface area contributed by atoms with E-state index in [-0.39, 0.29) is 0 Å². The fourth-order valence-corrected chi connectivity index (χ4v) is 0.902. The molecular weight excluding hydrogens is 194 g/mol. The van der Waals surface area contributed by atoms with E-state index in [4.69, 9.17) is 0 Å². The summed E-state index contributed by atoms with van der Waals surface area (Å²) in [5.41, 5.74) is 1.17. The van der Waals surface area contributed by atoms with Crippen molar-refractivity contribution in [3.63, 3.8) is 0 Å². The number of hydrogen-bond donors (Lipinski definition) is 0. The van der Waals surface area contributed by atoms with Gasteiger partial charge in [-0.1, -0.05) is 49.1 Å². The third kappa shape index (κ3) is 7.27. The first kappa shape index (κ1) is 13.8. The highest BCUT2D eigenvalue weighted by molar-refractivity contribution is 5.45. The van der Waals surface area contributed by atoms with Crippen LogP contribution in [0.25, 0.3) is 6.08 Å². The zero-order valence-electron chi connectivity index (χ0n) is 9.42. The van der Waals surface area contributed by atoms with E-state index in [1.807, 2.05) is 54.6 Å². The fourth-order valence-electron chi connectivity index (χ4n) is 0.902. The van der Waals surface area contributed by atoms with Crippen LogP contribution in [0.2, 0.25) is 0 Å². The number of rotatable bonds is 1. The van der Waals surface area contributed by atoms with Crippen molar-refractivity contribution in [3.8, 4) is 0 Å². The maximum Gasteiger partial charge on any atom is 0.0267 e. The lowest BCUT2D eigenvalue weighted by Crippen LogP contribution is -1.63. The summed E-state index contributed by atoms with van der Waals surface area (Å²) in [6.07, 6.45) is 5.33. The Kier molecular flexibility index (Phi) is 9.46. The van der Waals surface area contributed by atoms with E-state index in [1.54, 1.807) is 12.4 Å². The summed E-state index contributed by atoms with van der Waals surface area (Å²) in [7, 11) is 0. The van der Waals surface area contributed by atoms with Gasteiger partial charge in [-0.2, -0.15) is 0 Å². The molecule has 2 rings (SSSR count). The predicted molar refractivity (Wildman–Crippen MR) is 72.0 cm³/mol. The minimum atomic E-state index is 1.17. The Hall–Kier alpha value is -2.15. The predicted octanol–water partition coefficient (Wildman–Crippen LogP) is 4.21. The molecule has 1 heterocycles. The maximum absolute atomic E-state index is 3.78. The summed E-state index contributed by atoms with van der Waals surface area (Å²) in [6, 6.07) is 15.7. The van der Waals surface area contributed by atoms with E-state index in [0.29, 0.717) is 0 Å². The molecule has 0 aliphatic carbocycles. The summed E-state index contributed by atoms with van der Waals surface area (Å²) >= 11 is 0. The van der Waals surface area contributed by atoms with Crippen LogP contribution in [-0.4, -0.2) is 4.98 Å². The van der Waals surface area contributed by atoms with Gasteiger partial charge in [-0.3, -0.25) is 4.98 Å². The van der Waals surface area contributed by atoms with Crippen LogP contribution in [0.1, 0.15) is 5.56 Å². The molecule has 0 aliphatic rings. The smallest absolute Gasteiger partial charge is 0.0267 e. The topological polar surface area (TPSA) is 12.9 Å². The number of aromatic nitrogens is 1. The van der Waals surface area contributed by atoms with Crippen molar-refractivity contribution >= 4 is 6.08 Å². The van der Waals surface area contributed by atoms with Crippen LogP contribution in [0.15, 0.2) is 80.7 Å². The van der Waals surface area contributed by atoms with Gasteiger partial charge in [-0.15, -0.1) is 13.2 Å². The summed E-state index contributed by atoms with van der Waals surface area (Å²) in [6.45, 7) is 9.63. The molecule has 1 heteroatoms. The molecule has 0 N–H and O–H groups in total. The number of hydrogen-bond acceptors (Lipinski definition) is 1. The van der Waals surface area contributed by atoms with Gasteiger partial charge in [0.2, 0.25) is 0 Å². The van der Waals surface area contributed by atoms with E-state index < -0.39 is 0 Å². The van der Waals surface area contributed by atoms with Gasteiger partial charge in [0.05, 0.1) is 0 Å². The summed E-state index contributed by atoms with van der Waals surface area (Å²) in [4.78, 5) is 3.78. The van der Waals surface area contributed by atoms with Crippen molar-refractivity contribution in [1.82, 2.24) is 4.98 Å². The fraction of sp³-hybridized carbons (Fsp3) is 0. The highest BCUT2D eigenvalue weighted by Crippen LogP contribution is 1.97. The van der Waals surface area contributed by atoms with Crippen molar-refractivity contribution < 1.29 is 0 Å². The van der Waals surface area contributed by atoms with Crippen LogP contribution >= 0.6 is 0 Å². The molecule has 1 aromatic carbocycles. The van der Waals surface area contributed by atoms with Gasteiger partial charge in [0.15, 0.2) is 0 Å². The molecule has 0 aliphatic heterocycles. The Morgan fingerprint density at radius 3 is 1.56 bits per heavy atom. The van der Waals surface area contributed by atoms with E-state index in [2.05, 4.69) is 24.7 Å². The highest BCUT2D eigenvalue weighted by atomic mass is 14.6. The van der Waals surface area contributed by atoms with Gasteiger partial charge in [0.1, 0.15) is 0 Å². The SMILES string of the molecule is C=C.C=Cc1ccccc1.c1ccncc1. The van der Waals surface area contributed by atoms with Crippen molar-refractivity contribution in [2.24, 2.45) is 0 Å². The molecule has 16 heavy (non-hydrogen) atoms. The Balaban J connectivity index is 0.000000251. The molecule has 0 amide bonds. The molecular formula is C15H17N. The zero-order valence-corrected chi connectivity index (χ0v) is 9.42. The van der Waals surface area contributed by atoms with E-state index in [0.717, 1.165) is 0 Å². The lowest BCUT2D eigenvalue weighted by atomic mass is 10.2. The Labute approximate surface area is 97.8 Å². The third-order valence-corrected chi connectivity index (χ3v) is 1.60. The van der Waals surface area contributed by atoms with Gasteiger partial charge in [0.25, 0.3) is 0 Å². The average Bonchev–Trinajstić information content (AvgIpc) is 2.44. The Bertz CT molecular complexity index is 327. The minimum absolute atomic E-state index is 1.17. The molecule has 1 aromatic heterocycles. The van der Waals surface area contributed by atoms with Gasteiger partial charge in [-0.25, -0.2) is 0 Å². The first-order valence-electron chi connectivity index (χ1n) is 4.96. The molecule has 0 unspecified atom stereocenters. The quantitative estimate of drug-likeness (QED) is 0.644. The summed E-state index contributed by atoms with van der Waals surface area (Å²) in [5.74, 6) is 0. The van der Waals surface area contributed by atoms with E-state index >= 15 is 0 Å². The first-order valence-corrected chi connectivity index (χ1v) is 4.96. The standard InChI is InChI=1S/C8H8.C5H5N.C2H4/c1-2-8-6-4-3-5-7-8;1-2-4-6-5-3-1;1-2/h2-7H,1H2;1-5H;1-2H2. The Morgan fingerprint density at radius 1 is 0.812 bits per heavy atom. The second kappa shape index (κ2) is 10.9. The lowest BCUT2D eigenvalue weighted by Gasteiger charge is -1.85. The number of benzene rings is 1. The molecule has 0 spiro atoms. The molecule has 2 aromatic rings. The van der Waals surface area contributed by atoms with Crippen LogP contribution in [0, 0.1) is 0 Å². The van der Waals surface area contributed by atoms with E-state index in [9.17, 15) is 0 Å². The van der Waals surface area contributed by atoms with Crippen molar-refractivity contribution in [3.05, 3.63) is 86.2 Å². The van der Waals surface area contributed by atoms with Crippen molar-refractivity contribution in [2.45, 2.75) is 0 Å². The highest BCUT2D eigenvalue weighted by Gasteiger charge is 1.75. The van der Waals surface area contributed by atoms with E-state index in [1.165, 1.54) is 5.56 Å². The monoisotopic (exact) mass is 211 g/mol. The number of nitrogens with zero attached hydrogens (tertiary/aromatic N) is 1. The van der Waals surface area contributed by atoms with Crippen molar-refractivity contribution in [2.75, 3.05) is 0 Å². The van der Waals surface area contributed by atoms with Gasteiger partial charge in [0, 0.05) is 12.4 Å². The molecule has 0 atom stereocenters. The Morgan fingerprint density at radius 2 is 1.31 bits per heavy atom. The second-order valence-electron chi connectivity index (χ2n) is 2.64. The van der Waals surface area contributed by atoms with Crippen molar-refractivity contribution in [1.29, 1.82) is 0 Å². The largest absolute Gasteiger partial charge is 0.265 e. The summed E-state index contributed by atoms with van der Waals surface area (Å²) < 4.78 is 0. The minimum Gasteiger partial charge on any atom is -0.265 e. The van der Waals surface area contributed by atoms with Gasteiger partial charge >= 0.3 is 0 Å². The molecule has 0 saturated carbocycles. The number of pyridine rings is 1. The molecule has 0 fully saturated rings. The third-order valence-electron chi connectivity index (χ3n) is 1.60. The molecule has 0 radical (unpaired) electrons. The molecule has 1 nitrogen and oxygen atoms in total. The summed E-state index contributed by atoms with van der Waals surface area (Å²) in [5, 5.41) is 0. The maximum atomic E-state index is 3.78. The molecule has 0 saturated heterocycles. The lowest BCUT2D eigenvalue weighted by molar-refractivity contribution is 1.33. The van der Waals surface area contributed by atoms with Crippen LogP contribution in [0.3, 0.4) is 0 Å². The average molecular weight is 211 g/mol. The second-order valence-corrected chi connectivity index (χ2v) is 2.64. The zero-order chi connectivity index (χ0) is 12.1. The van der Waals surface area contributed by atoms with Gasteiger partial charge < -0.3 is 0 Å². The van der Waals surface area contributed by atoms with Crippen LogP contribution in [-0.2, 0) is 0 Å². The normalized spacial score (nSPS) is 7.50. The van der Waals surface area contributed by atoms with Gasteiger partial charge in [-0.05, 0) is 17.7 Å². The van der Waals surface area contributed by atoms with Crippen LogP contribution in [0.4, 0.5) is 0 Å². The van der Waals surface area contributed by atoms with Crippen LogP contribution < -0.4 is 0 Å². The first-order chi connectivity index (χ1) is 7.93. The van der Waals surface area contributed by atoms with Crippen LogP contribution in [0.5, 0.6) is 0 Å². The molecule has 82 valence electrons. The molecule has 0 bridgehead atoms.